The highest BCUT2D eigenvalue weighted by Gasteiger charge is 2.15. The van der Waals surface area contributed by atoms with Gasteiger partial charge in [0, 0.05) is 24.5 Å². The van der Waals surface area contributed by atoms with E-state index in [0.29, 0.717) is 24.0 Å². The van der Waals surface area contributed by atoms with E-state index < -0.39 is 0 Å². The molecule has 0 aliphatic carbocycles. The van der Waals surface area contributed by atoms with E-state index in [-0.39, 0.29) is 23.9 Å². The molecule has 8 heteroatoms. The van der Waals surface area contributed by atoms with E-state index in [2.05, 4.69) is 20.6 Å². The molecule has 3 aromatic heterocycles. The molecule has 0 unspecified atom stereocenters. The van der Waals surface area contributed by atoms with Crippen LogP contribution in [-0.4, -0.2) is 36.8 Å². The van der Waals surface area contributed by atoms with Crippen LogP contribution in [0.25, 0.3) is 16.4 Å². The Kier molecular flexibility index (Phi) is 5.56. The Bertz CT molecular complexity index is 1260. The topological polar surface area (TPSA) is 94.2 Å². The summed E-state index contributed by atoms with van der Waals surface area (Å²) in [7, 11) is 0. The average molecular weight is 404 g/mol. The molecule has 1 aromatic carbocycles. The first-order valence-electron chi connectivity index (χ1n) is 10.1. The summed E-state index contributed by atoms with van der Waals surface area (Å²) in [4.78, 5) is 25.1. The Morgan fingerprint density at radius 3 is 2.63 bits per heavy atom. The van der Waals surface area contributed by atoms with Crippen molar-refractivity contribution in [3.63, 3.8) is 0 Å². The molecule has 0 bridgehead atoms. The van der Waals surface area contributed by atoms with E-state index in [4.69, 9.17) is 0 Å². The molecule has 4 rings (SSSR count). The fourth-order valence-electron chi connectivity index (χ4n) is 3.50. The predicted molar refractivity (Wildman–Crippen MR) is 114 cm³/mol. The largest absolute Gasteiger partial charge is 0.356 e. The van der Waals surface area contributed by atoms with Gasteiger partial charge in [-0.15, -0.1) is 10.2 Å². The molecule has 0 spiro atoms. The van der Waals surface area contributed by atoms with E-state index in [1.165, 1.54) is 4.68 Å². The van der Waals surface area contributed by atoms with Gasteiger partial charge in [0.2, 0.25) is 5.91 Å². The van der Waals surface area contributed by atoms with Crippen molar-refractivity contribution in [2.24, 2.45) is 0 Å². The van der Waals surface area contributed by atoms with Gasteiger partial charge in [0.05, 0.1) is 23.5 Å². The van der Waals surface area contributed by atoms with Crippen LogP contribution in [0.1, 0.15) is 37.8 Å². The molecule has 30 heavy (non-hydrogen) atoms. The molecular formula is C22H24N6O2. The molecule has 0 fully saturated rings. The number of fused-ring (bicyclic) bond motifs is 2. The molecule has 4 aromatic rings. The summed E-state index contributed by atoms with van der Waals surface area (Å²) < 4.78 is 3.40. The van der Waals surface area contributed by atoms with Gasteiger partial charge in [-0.2, -0.15) is 5.10 Å². The van der Waals surface area contributed by atoms with Gasteiger partial charge in [0.1, 0.15) is 5.82 Å². The molecule has 154 valence electrons. The first-order valence-corrected chi connectivity index (χ1v) is 10.1. The Morgan fingerprint density at radius 1 is 1.07 bits per heavy atom. The number of carbonyl (C=O) groups is 1. The number of pyridine rings is 1. The molecule has 8 nitrogen and oxygen atoms in total. The highest BCUT2D eigenvalue weighted by Crippen LogP contribution is 2.15. The summed E-state index contributed by atoms with van der Waals surface area (Å²) >= 11 is 0. The maximum atomic E-state index is 12.6. The molecule has 0 aliphatic heterocycles. The van der Waals surface area contributed by atoms with Crippen LogP contribution in [0.15, 0.2) is 53.5 Å². The Balaban J connectivity index is 1.41. The van der Waals surface area contributed by atoms with Crippen molar-refractivity contribution in [1.82, 2.24) is 29.7 Å². The third-order valence-electron chi connectivity index (χ3n) is 5.01. The Labute approximate surface area is 173 Å². The van der Waals surface area contributed by atoms with Crippen molar-refractivity contribution in [1.29, 1.82) is 0 Å². The highest BCUT2D eigenvalue weighted by atomic mass is 16.1. The van der Waals surface area contributed by atoms with Crippen molar-refractivity contribution in [2.75, 3.05) is 6.54 Å². The summed E-state index contributed by atoms with van der Waals surface area (Å²) in [6, 6.07) is 13.0. The lowest BCUT2D eigenvalue weighted by Gasteiger charge is -2.13. The van der Waals surface area contributed by atoms with Gasteiger partial charge in [-0.25, -0.2) is 4.68 Å². The minimum absolute atomic E-state index is 0.0816. The smallest absolute Gasteiger partial charge is 0.274 e. The monoisotopic (exact) mass is 404 g/mol. The van der Waals surface area contributed by atoms with Crippen molar-refractivity contribution >= 4 is 22.3 Å². The summed E-state index contributed by atoms with van der Waals surface area (Å²) in [5.41, 5.74) is 1.29. The van der Waals surface area contributed by atoms with Crippen molar-refractivity contribution in [3.8, 4) is 0 Å². The maximum absolute atomic E-state index is 12.6. The summed E-state index contributed by atoms with van der Waals surface area (Å²) in [6.45, 7) is 4.34. The van der Waals surface area contributed by atoms with Crippen molar-refractivity contribution < 1.29 is 4.79 Å². The molecule has 0 atom stereocenters. The van der Waals surface area contributed by atoms with E-state index in [1.54, 1.807) is 6.07 Å². The Hall–Kier alpha value is -3.55. The minimum Gasteiger partial charge on any atom is -0.356 e. The number of aryl methyl sites for hydroxylation is 1. The Morgan fingerprint density at radius 2 is 1.83 bits per heavy atom. The molecule has 1 N–H and O–H groups in total. The van der Waals surface area contributed by atoms with Crippen LogP contribution in [0, 0.1) is 0 Å². The molecule has 3 heterocycles. The van der Waals surface area contributed by atoms with Gasteiger partial charge in [0.25, 0.3) is 5.56 Å². The second kappa shape index (κ2) is 8.44. The number of aromatic nitrogens is 5. The average Bonchev–Trinajstić information content (AvgIpc) is 3.16. The SMILES string of the molecule is CC(C)n1nc(CC(=O)NCCCc2nnc3ccccn23)c2ccccc2c1=O. The second-order valence-electron chi connectivity index (χ2n) is 7.51. The van der Waals surface area contributed by atoms with Crippen LogP contribution in [0.4, 0.5) is 0 Å². The number of nitrogens with one attached hydrogen (secondary N) is 1. The first kappa shape index (κ1) is 19.8. The predicted octanol–water partition coefficient (Wildman–Crippen LogP) is 2.31. The maximum Gasteiger partial charge on any atom is 0.274 e. The van der Waals surface area contributed by atoms with E-state index in [0.717, 1.165) is 23.3 Å². The molecule has 0 saturated heterocycles. The lowest BCUT2D eigenvalue weighted by atomic mass is 10.1. The third kappa shape index (κ3) is 3.94. The fraction of sp³-hybridized carbons (Fsp3) is 0.318. The standard InChI is InChI=1S/C22H24N6O2/c1-15(2)28-22(30)17-9-4-3-8-16(17)18(26-28)14-21(29)23-12-7-11-20-25-24-19-10-5-6-13-27(19)20/h3-6,8-10,13,15H,7,11-12,14H2,1-2H3,(H,23,29). The number of nitrogens with zero attached hydrogens (tertiary/aromatic N) is 5. The van der Waals surface area contributed by atoms with Crippen LogP contribution >= 0.6 is 0 Å². The number of hydrogen-bond donors (Lipinski definition) is 1. The summed E-state index contributed by atoms with van der Waals surface area (Å²) in [6.07, 6.45) is 3.52. The van der Waals surface area contributed by atoms with Crippen LogP contribution < -0.4 is 10.9 Å². The zero-order valence-corrected chi connectivity index (χ0v) is 17.1. The second-order valence-corrected chi connectivity index (χ2v) is 7.51. The number of carbonyl (C=O) groups excluding carboxylic acids is 1. The van der Waals surface area contributed by atoms with Gasteiger partial charge in [-0.3, -0.25) is 14.0 Å². The lowest BCUT2D eigenvalue weighted by Crippen LogP contribution is -2.30. The summed E-state index contributed by atoms with van der Waals surface area (Å²) in [5.74, 6) is 0.754. The fourth-order valence-corrected chi connectivity index (χ4v) is 3.50. The summed E-state index contributed by atoms with van der Waals surface area (Å²) in [5, 5.41) is 17.1. The van der Waals surface area contributed by atoms with Crippen molar-refractivity contribution in [3.05, 3.63) is 70.5 Å². The van der Waals surface area contributed by atoms with E-state index in [1.807, 2.05) is 60.8 Å². The van der Waals surface area contributed by atoms with Crippen LogP contribution in [0.5, 0.6) is 0 Å². The molecule has 0 radical (unpaired) electrons. The van der Waals surface area contributed by atoms with Crippen LogP contribution in [-0.2, 0) is 17.6 Å². The zero-order valence-electron chi connectivity index (χ0n) is 17.1. The van der Waals surface area contributed by atoms with E-state index >= 15 is 0 Å². The molecular weight excluding hydrogens is 380 g/mol. The number of benzene rings is 1. The molecule has 1 amide bonds. The number of rotatable bonds is 7. The zero-order chi connectivity index (χ0) is 21.1. The van der Waals surface area contributed by atoms with Gasteiger partial charge in [-0.1, -0.05) is 24.3 Å². The minimum atomic E-state index is -0.134. The highest BCUT2D eigenvalue weighted by molar-refractivity contribution is 5.88. The van der Waals surface area contributed by atoms with Crippen LogP contribution in [0.3, 0.4) is 0 Å². The van der Waals surface area contributed by atoms with E-state index in [9.17, 15) is 9.59 Å². The van der Waals surface area contributed by atoms with Crippen LogP contribution in [0.2, 0.25) is 0 Å². The lowest BCUT2D eigenvalue weighted by molar-refractivity contribution is -0.120. The van der Waals surface area contributed by atoms with Gasteiger partial charge in [-0.05, 0) is 38.5 Å². The number of hydrogen-bond acceptors (Lipinski definition) is 5. The molecule has 0 saturated carbocycles. The number of amides is 1. The van der Waals surface area contributed by atoms with Gasteiger partial charge < -0.3 is 5.32 Å². The normalized spacial score (nSPS) is 11.4. The third-order valence-corrected chi connectivity index (χ3v) is 5.01. The molecule has 0 aliphatic rings. The van der Waals surface area contributed by atoms with Gasteiger partial charge in [0.15, 0.2) is 5.65 Å². The van der Waals surface area contributed by atoms with Crippen molar-refractivity contribution in [2.45, 2.75) is 39.2 Å². The quantitative estimate of drug-likeness (QED) is 0.477. The van der Waals surface area contributed by atoms with Gasteiger partial charge >= 0.3 is 0 Å². The first-order chi connectivity index (χ1) is 14.5.